The summed E-state index contributed by atoms with van der Waals surface area (Å²) in [5.41, 5.74) is 8.54. The van der Waals surface area contributed by atoms with Crippen molar-refractivity contribution in [1.82, 2.24) is 15.2 Å². The number of hydrogen-bond acceptors (Lipinski definition) is 3. The Kier molecular flexibility index (Phi) is 3.85. The lowest BCUT2D eigenvalue weighted by Crippen LogP contribution is -2.28. The molecule has 106 valence electrons. The van der Waals surface area contributed by atoms with E-state index in [0.29, 0.717) is 0 Å². The fraction of sp³-hybridized carbons (Fsp3) is 0.438. The zero-order chi connectivity index (χ0) is 13.9. The molecule has 1 atom stereocenters. The highest BCUT2D eigenvalue weighted by atomic mass is 15.2. The monoisotopic (exact) mass is 270 g/mol. The van der Waals surface area contributed by atoms with Crippen molar-refractivity contribution in [3.8, 4) is 0 Å². The third kappa shape index (κ3) is 2.76. The molecule has 0 aliphatic heterocycles. The molecule has 0 saturated heterocycles. The van der Waals surface area contributed by atoms with Crippen LogP contribution in [0.15, 0.2) is 30.6 Å². The van der Waals surface area contributed by atoms with Gasteiger partial charge in [0.05, 0.1) is 6.20 Å². The van der Waals surface area contributed by atoms with Gasteiger partial charge >= 0.3 is 0 Å². The second-order valence-corrected chi connectivity index (χ2v) is 5.66. The minimum Gasteiger partial charge on any atom is -0.276 e. The Bertz CT molecular complexity index is 588. The van der Waals surface area contributed by atoms with Gasteiger partial charge in [0.1, 0.15) is 0 Å². The smallest absolute Gasteiger partial charge is 0.0521 e. The summed E-state index contributed by atoms with van der Waals surface area (Å²) in [6.07, 6.45) is 9.69. The summed E-state index contributed by atoms with van der Waals surface area (Å²) in [6.45, 7) is 0. The number of aryl methyl sites for hydroxylation is 4. The van der Waals surface area contributed by atoms with Crippen LogP contribution in [0, 0.1) is 0 Å². The van der Waals surface area contributed by atoms with Crippen LogP contribution in [-0.2, 0) is 26.3 Å². The molecule has 4 heteroatoms. The Balaban J connectivity index is 1.69. The number of fused-ring (bicyclic) bond motifs is 1. The summed E-state index contributed by atoms with van der Waals surface area (Å²) in [4.78, 5) is 0. The number of hydrazine groups is 1. The minimum atomic E-state index is 0.209. The molecule has 0 amide bonds. The zero-order valence-corrected chi connectivity index (χ0v) is 12.0. The SMILES string of the molecule is Cn1cc(CCC(NN)c2ccc3c(c2)CCC3)cn1. The molecule has 0 saturated carbocycles. The lowest BCUT2D eigenvalue weighted by atomic mass is 9.97. The van der Waals surface area contributed by atoms with Crippen molar-refractivity contribution in [2.24, 2.45) is 12.9 Å². The van der Waals surface area contributed by atoms with Crippen molar-refractivity contribution in [3.63, 3.8) is 0 Å². The molecule has 1 aliphatic carbocycles. The number of nitrogens with two attached hydrogens (primary N) is 1. The first-order chi connectivity index (χ1) is 9.76. The molecule has 3 N–H and O–H groups in total. The number of nitrogens with one attached hydrogen (secondary N) is 1. The van der Waals surface area contributed by atoms with E-state index in [1.165, 1.54) is 41.5 Å². The Morgan fingerprint density at radius 1 is 1.35 bits per heavy atom. The van der Waals surface area contributed by atoms with E-state index >= 15 is 0 Å². The van der Waals surface area contributed by atoms with Crippen LogP contribution in [0.2, 0.25) is 0 Å². The van der Waals surface area contributed by atoms with Crippen LogP contribution in [0.1, 0.15) is 41.1 Å². The van der Waals surface area contributed by atoms with Gasteiger partial charge in [0.15, 0.2) is 0 Å². The summed E-state index contributed by atoms with van der Waals surface area (Å²) in [7, 11) is 1.95. The second kappa shape index (κ2) is 5.77. The van der Waals surface area contributed by atoms with Gasteiger partial charge in [-0.1, -0.05) is 18.2 Å². The number of benzene rings is 1. The Labute approximate surface area is 120 Å². The molecular formula is C16H22N4. The molecule has 1 heterocycles. The highest BCUT2D eigenvalue weighted by molar-refractivity contribution is 5.36. The standard InChI is InChI=1S/C16H22N4/c1-20-11-12(10-18-20)5-8-16(19-17)15-7-6-13-3-2-4-14(13)9-15/h6-7,9-11,16,19H,2-5,8,17H2,1H3. The zero-order valence-electron chi connectivity index (χ0n) is 12.0. The first kappa shape index (κ1) is 13.3. The van der Waals surface area contributed by atoms with E-state index in [9.17, 15) is 0 Å². The van der Waals surface area contributed by atoms with E-state index < -0.39 is 0 Å². The summed E-state index contributed by atoms with van der Waals surface area (Å²) in [5, 5.41) is 4.21. The van der Waals surface area contributed by atoms with Crippen molar-refractivity contribution in [3.05, 3.63) is 52.8 Å². The molecule has 0 bridgehead atoms. The van der Waals surface area contributed by atoms with Crippen LogP contribution < -0.4 is 11.3 Å². The third-order valence-electron chi connectivity index (χ3n) is 4.21. The fourth-order valence-electron chi connectivity index (χ4n) is 3.07. The van der Waals surface area contributed by atoms with E-state index in [2.05, 4.69) is 34.9 Å². The second-order valence-electron chi connectivity index (χ2n) is 5.66. The van der Waals surface area contributed by atoms with Gasteiger partial charge in [-0.25, -0.2) is 0 Å². The van der Waals surface area contributed by atoms with Gasteiger partial charge in [-0.15, -0.1) is 0 Å². The summed E-state index contributed by atoms with van der Waals surface area (Å²) in [5.74, 6) is 5.75. The number of aromatic nitrogens is 2. The Hall–Kier alpha value is -1.65. The van der Waals surface area contributed by atoms with Gasteiger partial charge in [0, 0.05) is 19.3 Å². The van der Waals surface area contributed by atoms with Crippen LogP contribution in [0.25, 0.3) is 0 Å². The maximum absolute atomic E-state index is 5.75. The quantitative estimate of drug-likeness (QED) is 0.646. The predicted molar refractivity (Wildman–Crippen MR) is 80.1 cm³/mol. The molecular weight excluding hydrogens is 248 g/mol. The van der Waals surface area contributed by atoms with Crippen LogP contribution in [0.5, 0.6) is 0 Å². The fourth-order valence-corrected chi connectivity index (χ4v) is 3.07. The molecule has 20 heavy (non-hydrogen) atoms. The summed E-state index contributed by atoms with van der Waals surface area (Å²) >= 11 is 0. The average molecular weight is 270 g/mol. The molecule has 1 aromatic carbocycles. The molecule has 1 unspecified atom stereocenters. The average Bonchev–Trinajstić information content (AvgIpc) is 3.07. The molecule has 1 aliphatic rings. The van der Waals surface area contributed by atoms with Crippen LogP contribution >= 0.6 is 0 Å². The minimum absolute atomic E-state index is 0.209. The molecule has 1 aromatic heterocycles. The molecule has 0 radical (unpaired) electrons. The van der Waals surface area contributed by atoms with Crippen molar-refractivity contribution in [2.75, 3.05) is 0 Å². The van der Waals surface area contributed by atoms with E-state index in [4.69, 9.17) is 5.84 Å². The Morgan fingerprint density at radius 3 is 2.95 bits per heavy atom. The van der Waals surface area contributed by atoms with Gasteiger partial charge < -0.3 is 0 Å². The lowest BCUT2D eigenvalue weighted by molar-refractivity contribution is 0.516. The van der Waals surface area contributed by atoms with Crippen molar-refractivity contribution >= 4 is 0 Å². The van der Waals surface area contributed by atoms with Gasteiger partial charge in [0.2, 0.25) is 0 Å². The predicted octanol–water partition coefficient (Wildman–Crippen LogP) is 2.05. The van der Waals surface area contributed by atoms with Crippen LogP contribution in [0.3, 0.4) is 0 Å². The van der Waals surface area contributed by atoms with Crippen molar-refractivity contribution < 1.29 is 0 Å². The normalized spacial score (nSPS) is 15.3. The molecule has 0 spiro atoms. The maximum atomic E-state index is 5.75. The first-order valence-corrected chi connectivity index (χ1v) is 7.31. The van der Waals surface area contributed by atoms with E-state index in [0.717, 1.165) is 12.8 Å². The lowest BCUT2D eigenvalue weighted by Gasteiger charge is -2.17. The molecule has 3 rings (SSSR count). The number of nitrogens with zero attached hydrogens (tertiary/aromatic N) is 2. The Morgan fingerprint density at radius 2 is 2.20 bits per heavy atom. The molecule has 0 fully saturated rings. The van der Waals surface area contributed by atoms with Gasteiger partial charge in [-0.05, 0) is 54.4 Å². The van der Waals surface area contributed by atoms with Gasteiger partial charge in [-0.3, -0.25) is 16.0 Å². The van der Waals surface area contributed by atoms with Crippen LogP contribution in [-0.4, -0.2) is 9.78 Å². The number of rotatable bonds is 5. The summed E-state index contributed by atoms with van der Waals surface area (Å²) in [6, 6.07) is 7.03. The van der Waals surface area contributed by atoms with E-state index in [-0.39, 0.29) is 6.04 Å². The number of hydrogen-bond donors (Lipinski definition) is 2. The van der Waals surface area contributed by atoms with E-state index in [1.807, 2.05) is 17.9 Å². The highest BCUT2D eigenvalue weighted by Crippen LogP contribution is 2.27. The highest BCUT2D eigenvalue weighted by Gasteiger charge is 2.15. The van der Waals surface area contributed by atoms with E-state index in [1.54, 1.807) is 0 Å². The van der Waals surface area contributed by atoms with Crippen molar-refractivity contribution in [1.29, 1.82) is 0 Å². The van der Waals surface area contributed by atoms with Gasteiger partial charge in [-0.2, -0.15) is 5.10 Å². The largest absolute Gasteiger partial charge is 0.276 e. The van der Waals surface area contributed by atoms with Crippen LogP contribution in [0.4, 0.5) is 0 Å². The topological polar surface area (TPSA) is 55.9 Å². The molecule has 2 aromatic rings. The first-order valence-electron chi connectivity index (χ1n) is 7.31. The van der Waals surface area contributed by atoms with Gasteiger partial charge in [0.25, 0.3) is 0 Å². The summed E-state index contributed by atoms with van der Waals surface area (Å²) < 4.78 is 1.84. The third-order valence-corrected chi connectivity index (χ3v) is 4.21. The molecule has 4 nitrogen and oxygen atoms in total. The van der Waals surface area contributed by atoms with Crippen molar-refractivity contribution in [2.45, 2.75) is 38.1 Å². The maximum Gasteiger partial charge on any atom is 0.0521 e.